The van der Waals surface area contributed by atoms with Gasteiger partial charge in [-0.2, -0.15) is 0 Å². The molecule has 2 N–H and O–H groups in total. The van der Waals surface area contributed by atoms with Crippen LogP contribution in [-0.4, -0.2) is 18.6 Å². The lowest BCUT2D eigenvalue weighted by molar-refractivity contribution is -0.145. The van der Waals surface area contributed by atoms with E-state index in [1.54, 1.807) is 6.08 Å². The topological polar surface area (TPSA) is 52.3 Å². The van der Waals surface area contributed by atoms with Crippen LogP contribution in [0.3, 0.4) is 0 Å². The van der Waals surface area contributed by atoms with E-state index in [-0.39, 0.29) is 5.97 Å². The first-order valence-electron chi connectivity index (χ1n) is 3.24. The second kappa shape index (κ2) is 2.42. The van der Waals surface area contributed by atoms with Crippen LogP contribution in [-0.2, 0) is 9.53 Å². The summed E-state index contributed by atoms with van der Waals surface area (Å²) in [7, 11) is 1.35. The van der Waals surface area contributed by atoms with Gasteiger partial charge in [-0.25, -0.2) is 4.79 Å². The van der Waals surface area contributed by atoms with Crippen molar-refractivity contribution in [3.8, 4) is 0 Å². The quantitative estimate of drug-likeness (QED) is 0.419. The summed E-state index contributed by atoms with van der Waals surface area (Å²) in [5.74, 6) is -0.346. The molecule has 0 saturated heterocycles. The van der Waals surface area contributed by atoms with Crippen molar-refractivity contribution >= 4 is 5.97 Å². The molecule has 10 heavy (non-hydrogen) atoms. The number of methoxy groups -OCH3 is 1. The molecule has 1 aliphatic rings. The molecule has 1 unspecified atom stereocenters. The Hall–Kier alpha value is -0.830. The minimum atomic E-state index is -0.839. The van der Waals surface area contributed by atoms with Crippen molar-refractivity contribution < 1.29 is 9.53 Å². The van der Waals surface area contributed by atoms with Gasteiger partial charge in [-0.1, -0.05) is 12.2 Å². The molecular weight excluding hydrogens is 130 g/mol. The van der Waals surface area contributed by atoms with Gasteiger partial charge in [0.15, 0.2) is 0 Å². The monoisotopic (exact) mass is 141 g/mol. The molecule has 0 saturated carbocycles. The molecule has 0 aliphatic heterocycles. The second-order valence-corrected chi connectivity index (χ2v) is 2.47. The summed E-state index contributed by atoms with van der Waals surface area (Å²) in [6.07, 6.45) is 5.14. The van der Waals surface area contributed by atoms with Gasteiger partial charge in [-0.3, -0.25) is 0 Å². The van der Waals surface area contributed by atoms with Gasteiger partial charge in [-0.05, 0) is 12.8 Å². The lowest BCUT2D eigenvalue weighted by Crippen LogP contribution is -2.45. The van der Waals surface area contributed by atoms with E-state index >= 15 is 0 Å². The molecule has 0 heterocycles. The number of nitrogens with two attached hydrogens (primary N) is 1. The number of carbonyl (C=O) groups excluding carboxylic acids is 1. The Morgan fingerprint density at radius 2 is 2.50 bits per heavy atom. The van der Waals surface area contributed by atoms with Crippen LogP contribution >= 0.6 is 0 Å². The molecule has 0 aromatic rings. The van der Waals surface area contributed by atoms with Crippen LogP contribution in [0.1, 0.15) is 12.8 Å². The van der Waals surface area contributed by atoms with Crippen LogP contribution < -0.4 is 5.73 Å². The minimum Gasteiger partial charge on any atom is -0.467 e. The number of rotatable bonds is 1. The lowest BCUT2D eigenvalue weighted by Gasteiger charge is -2.17. The highest BCUT2D eigenvalue weighted by Gasteiger charge is 2.34. The highest BCUT2D eigenvalue weighted by atomic mass is 16.5. The Kier molecular flexibility index (Phi) is 1.76. The van der Waals surface area contributed by atoms with Crippen LogP contribution in [0, 0.1) is 0 Å². The van der Waals surface area contributed by atoms with Gasteiger partial charge in [0.2, 0.25) is 0 Å². The summed E-state index contributed by atoms with van der Waals surface area (Å²) in [6, 6.07) is 0. The van der Waals surface area contributed by atoms with Crippen LogP contribution in [0.25, 0.3) is 0 Å². The number of hydrogen-bond donors (Lipinski definition) is 1. The lowest BCUT2D eigenvalue weighted by atomic mass is 10.0. The predicted octanol–water partition coefficient (Wildman–Crippen LogP) is 0.207. The second-order valence-electron chi connectivity index (χ2n) is 2.47. The van der Waals surface area contributed by atoms with E-state index in [4.69, 9.17) is 5.73 Å². The van der Waals surface area contributed by atoms with E-state index < -0.39 is 5.54 Å². The van der Waals surface area contributed by atoms with Crippen molar-refractivity contribution in [1.82, 2.24) is 0 Å². The highest BCUT2D eigenvalue weighted by Crippen LogP contribution is 2.20. The molecule has 1 rings (SSSR count). The van der Waals surface area contributed by atoms with E-state index in [1.165, 1.54) is 7.11 Å². The summed E-state index contributed by atoms with van der Waals surface area (Å²) < 4.78 is 4.52. The largest absolute Gasteiger partial charge is 0.467 e. The molecule has 0 amide bonds. The number of carbonyl (C=O) groups is 1. The van der Waals surface area contributed by atoms with E-state index in [0.717, 1.165) is 6.42 Å². The standard InChI is InChI=1S/C7H11NO2/c1-10-6(9)7(8)4-2-3-5-7/h2,4H,3,5,8H2,1H3. The highest BCUT2D eigenvalue weighted by molar-refractivity contribution is 5.83. The normalized spacial score (nSPS) is 30.6. The van der Waals surface area contributed by atoms with Crippen molar-refractivity contribution in [3.05, 3.63) is 12.2 Å². The number of allylic oxidation sites excluding steroid dienone is 1. The maximum absolute atomic E-state index is 10.9. The first-order chi connectivity index (χ1) is 4.69. The van der Waals surface area contributed by atoms with Crippen molar-refractivity contribution in [2.24, 2.45) is 5.73 Å². The van der Waals surface area contributed by atoms with Crippen molar-refractivity contribution in [1.29, 1.82) is 0 Å². The summed E-state index contributed by atoms with van der Waals surface area (Å²) in [6.45, 7) is 0. The minimum absolute atomic E-state index is 0.346. The van der Waals surface area contributed by atoms with E-state index in [0.29, 0.717) is 6.42 Å². The number of hydrogen-bond acceptors (Lipinski definition) is 3. The van der Waals surface area contributed by atoms with Gasteiger partial charge >= 0.3 is 5.97 Å². The Balaban J connectivity index is 2.68. The molecule has 0 spiro atoms. The molecule has 3 heteroatoms. The molecule has 0 aromatic heterocycles. The molecule has 1 aliphatic carbocycles. The molecule has 0 bridgehead atoms. The Morgan fingerprint density at radius 1 is 1.80 bits per heavy atom. The zero-order valence-corrected chi connectivity index (χ0v) is 5.96. The van der Waals surface area contributed by atoms with Crippen LogP contribution in [0.2, 0.25) is 0 Å². The van der Waals surface area contributed by atoms with Gasteiger partial charge in [0.05, 0.1) is 7.11 Å². The first kappa shape index (κ1) is 7.28. The third-order valence-corrected chi connectivity index (χ3v) is 1.71. The van der Waals surface area contributed by atoms with Crippen molar-refractivity contribution in [3.63, 3.8) is 0 Å². The SMILES string of the molecule is COC(=O)C1(N)C=CCC1. The number of esters is 1. The fourth-order valence-corrected chi connectivity index (χ4v) is 1.06. The van der Waals surface area contributed by atoms with Gasteiger partial charge in [0, 0.05) is 0 Å². The van der Waals surface area contributed by atoms with Gasteiger partial charge < -0.3 is 10.5 Å². The Morgan fingerprint density at radius 3 is 2.90 bits per heavy atom. The van der Waals surface area contributed by atoms with Gasteiger partial charge in [0.1, 0.15) is 5.54 Å². The van der Waals surface area contributed by atoms with Crippen molar-refractivity contribution in [2.75, 3.05) is 7.11 Å². The average molecular weight is 141 g/mol. The van der Waals surface area contributed by atoms with Crippen LogP contribution in [0.5, 0.6) is 0 Å². The van der Waals surface area contributed by atoms with Crippen LogP contribution in [0.15, 0.2) is 12.2 Å². The molecule has 0 radical (unpaired) electrons. The summed E-state index contributed by atoms with van der Waals surface area (Å²) in [5, 5.41) is 0. The number of ether oxygens (including phenoxy) is 1. The zero-order valence-electron chi connectivity index (χ0n) is 5.96. The third-order valence-electron chi connectivity index (χ3n) is 1.71. The molecule has 0 aromatic carbocycles. The smallest absolute Gasteiger partial charge is 0.329 e. The van der Waals surface area contributed by atoms with E-state index in [9.17, 15) is 4.79 Å². The van der Waals surface area contributed by atoms with E-state index in [1.807, 2.05) is 6.08 Å². The summed E-state index contributed by atoms with van der Waals surface area (Å²) >= 11 is 0. The molecule has 0 fully saturated rings. The summed E-state index contributed by atoms with van der Waals surface area (Å²) in [5.41, 5.74) is 4.81. The van der Waals surface area contributed by atoms with Gasteiger partial charge in [-0.15, -0.1) is 0 Å². The van der Waals surface area contributed by atoms with Crippen LogP contribution in [0.4, 0.5) is 0 Å². The Bertz CT molecular complexity index is 176. The Labute approximate surface area is 59.8 Å². The van der Waals surface area contributed by atoms with E-state index in [2.05, 4.69) is 4.74 Å². The molecule has 56 valence electrons. The average Bonchev–Trinajstić information content (AvgIpc) is 2.36. The maximum atomic E-state index is 10.9. The third kappa shape index (κ3) is 1.04. The predicted molar refractivity (Wildman–Crippen MR) is 37.3 cm³/mol. The maximum Gasteiger partial charge on any atom is 0.329 e. The first-order valence-corrected chi connectivity index (χ1v) is 3.24. The fraction of sp³-hybridized carbons (Fsp3) is 0.571. The molecular formula is C7H11NO2. The van der Waals surface area contributed by atoms with Crippen molar-refractivity contribution in [2.45, 2.75) is 18.4 Å². The molecule has 1 atom stereocenters. The zero-order chi connectivity index (χ0) is 7.61. The van der Waals surface area contributed by atoms with Gasteiger partial charge in [0.25, 0.3) is 0 Å². The molecule has 3 nitrogen and oxygen atoms in total. The summed E-state index contributed by atoms with van der Waals surface area (Å²) in [4.78, 5) is 10.9. The fourth-order valence-electron chi connectivity index (χ4n) is 1.06.